The van der Waals surface area contributed by atoms with Crippen molar-refractivity contribution < 1.29 is 13.5 Å². The number of anilines is 1. The zero-order valence-corrected chi connectivity index (χ0v) is 11.4. The molecule has 0 spiro atoms. The number of aliphatic hydroxyl groups is 1. The van der Waals surface area contributed by atoms with Crippen LogP contribution in [0.2, 0.25) is 0 Å². The van der Waals surface area contributed by atoms with Crippen molar-refractivity contribution in [2.24, 2.45) is 0 Å². The van der Waals surface area contributed by atoms with Gasteiger partial charge in [0.05, 0.1) is 11.5 Å². The third-order valence-corrected chi connectivity index (χ3v) is 4.99. The van der Waals surface area contributed by atoms with Gasteiger partial charge in [-0.25, -0.2) is 12.7 Å². The van der Waals surface area contributed by atoms with Crippen LogP contribution in [0.4, 0.5) is 5.69 Å². The fourth-order valence-electron chi connectivity index (χ4n) is 1.18. The van der Waals surface area contributed by atoms with Crippen molar-refractivity contribution in [3.8, 4) is 0 Å². The number of nitrogens with two attached hydrogens (primary N) is 1. The van der Waals surface area contributed by atoms with Crippen molar-refractivity contribution in [2.45, 2.75) is 9.79 Å². The van der Waals surface area contributed by atoms with Gasteiger partial charge in [0.15, 0.2) is 0 Å². The highest BCUT2D eigenvalue weighted by Crippen LogP contribution is 2.27. The van der Waals surface area contributed by atoms with Crippen LogP contribution in [0.5, 0.6) is 0 Å². The quantitative estimate of drug-likeness (QED) is 0.608. The molecule has 0 saturated heterocycles. The summed E-state index contributed by atoms with van der Waals surface area (Å²) in [6.07, 6.45) is 0. The number of nitrogens with zero attached hydrogens (tertiary/aromatic N) is 1. The molecule has 17 heavy (non-hydrogen) atoms. The van der Waals surface area contributed by atoms with Crippen LogP contribution < -0.4 is 5.73 Å². The lowest BCUT2D eigenvalue weighted by molar-refractivity contribution is 0.322. The fourth-order valence-corrected chi connectivity index (χ4v) is 2.82. The lowest BCUT2D eigenvalue weighted by Gasteiger charge is -2.13. The van der Waals surface area contributed by atoms with E-state index in [1.54, 1.807) is 6.07 Å². The SMILES string of the molecule is CN(C)S(=O)(=O)c1ccc(SCCO)c(N)c1. The van der Waals surface area contributed by atoms with Gasteiger partial charge in [0, 0.05) is 30.4 Å². The fraction of sp³-hybridized carbons (Fsp3) is 0.400. The van der Waals surface area contributed by atoms with Crippen LogP contribution in [0.1, 0.15) is 0 Å². The topological polar surface area (TPSA) is 83.6 Å². The molecule has 7 heteroatoms. The molecule has 0 aliphatic carbocycles. The Morgan fingerprint density at radius 1 is 1.41 bits per heavy atom. The van der Waals surface area contributed by atoms with Crippen molar-refractivity contribution in [2.75, 3.05) is 32.2 Å². The van der Waals surface area contributed by atoms with E-state index in [2.05, 4.69) is 0 Å². The van der Waals surface area contributed by atoms with E-state index in [0.29, 0.717) is 11.4 Å². The van der Waals surface area contributed by atoms with E-state index < -0.39 is 10.0 Å². The van der Waals surface area contributed by atoms with E-state index in [1.165, 1.54) is 38.0 Å². The summed E-state index contributed by atoms with van der Waals surface area (Å²) in [6, 6.07) is 4.62. The van der Waals surface area contributed by atoms with Gasteiger partial charge in [0.25, 0.3) is 0 Å². The minimum absolute atomic E-state index is 0.0574. The molecule has 1 rings (SSSR count). The molecule has 0 fully saturated rings. The molecule has 0 saturated carbocycles. The van der Waals surface area contributed by atoms with Crippen LogP contribution in [-0.2, 0) is 10.0 Å². The number of hydrogen-bond acceptors (Lipinski definition) is 5. The molecule has 96 valence electrons. The summed E-state index contributed by atoms with van der Waals surface area (Å²) in [4.78, 5) is 0.949. The van der Waals surface area contributed by atoms with Crippen molar-refractivity contribution in [3.63, 3.8) is 0 Å². The highest BCUT2D eigenvalue weighted by atomic mass is 32.2. The number of thioether (sulfide) groups is 1. The Balaban J connectivity index is 3.05. The average Bonchev–Trinajstić information content (AvgIpc) is 2.27. The number of hydrogen-bond donors (Lipinski definition) is 2. The predicted octanol–water partition coefficient (Wildman–Crippen LogP) is 0.604. The Bertz CT molecular complexity index is 486. The molecule has 0 aromatic heterocycles. The van der Waals surface area contributed by atoms with E-state index in [-0.39, 0.29) is 11.5 Å². The Kier molecular flexibility index (Phi) is 4.81. The molecule has 1 aromatic carbocycles. The second-order valence-electron chi connectivity index (χ2n) is 3.56. The smallest absolute Gasteiger partial charge is 0.242 e. The maximum absolute atomic E-state index is 11.8. The van der Waals surface area contributed by atoms with E-state index in [0.717, 1.165) is 9.20 Å². The van der Waals surface area contributed by atoms with E-state index in [1.807, 2.05) is 0 Å². The molecular formula is C10H16N2O3S2. The summed E-state index contributed by atoms with van der Waals surface area (Å²) >= 11 is 1.39. The molecule has 0 radical (unpaired) electrons. The second-order valence-corrected chi connectivity index (χ2v) is 6.85. The molecule has 0 aliphatic heterocycles. The standard InChI is InChI=1S/C10H16N2O3S2/c1-12(2)17(14,15)8-3-4-10(9(11)7-8)16-6-5-13/h3-4,7,13H,5-6,11H2,1-2H3. The van der Waals surface area contributed by atoms with E-state index in [9.17, 15) is 8.42 Å². The van der Waals surface area contributed by atoms with Gasteiger partial charge in [-0.05, 0) is 18.2 Å². The molecule has 0 bridgehead atoms. The summed E-state index contributed by atoms with van der Waals surface area (Å²) in [6.45, 7) is 0.0574. The minimum Gasteiger partial charge on any atom is -0.398 e. The number of benzene rings is 1. The van der Waals surface area contributed by atoms with Crippen molar-refractivity contribution in [3.05, 3.63) is 18.2 Å². The Morgan fingerprint density at radius 2 is 2.06 bits per heavy atom. The third-order valence-electron chi connectivity index (χ3n) is 2.11. The predicted molar refractivity (Wildman–Crippen MR) is 69.5 cm³/mol. The molecule has 0 atom stereocenters. The molecular weight excluding hydrogens is 260 g/mol. The number of sulfonamides is 1. The molecule has 0 amide bonds. The lowest BCUT2D eigenvalue weighted by Crippen LogP contribution is -2.22. The third kappa shape index (κ3) is 3.35. The van der Waals surface area contributed by atoms with Crippen molar-refractivity contribution in [1.29, 1.82) is 0 Å². The van der Waals surface area contributed by atoms with Crippen molar-refractivity contribution in [1.82, 2.24) is 4.31 Å². The first kappa shape index (κ1) is 14.3. The largest absolute Gasteiger partial charge is 0.398 e. The zero-order chi connectivity index (χ0) is 13.1. The minimum atomic E-state index is -3.44. The van der Waals surface area contributed by atoms with Crippen LogP contribution in [0.25, 0.3) is 0 Å². The first-order valence-electron chi connectivity index (χ1n) is 4.95. The van der Waals surface area contributed by atoms with Gasteiger partial charge >= 0.3 is 0 Å². The molecule has 1 aromatic rings. The molecule has 0 aliphatic rings. The lowest BCUT2D eigenvalue weighted by atomic mass is 10.3. The normalized spacial score (nSPS) is 12.0. The highest BCUT2D eigenvalue weighted by Gasteiger charge is 2.17. The molecule has 0 heterocycles. The highest BCUT2D eigenvalue weighted by molar-refractivity contribution is 7.99. The number of aliphatic hydroxyl groups excluding tert-OH is 1. The average molecular weight is 276 g/mol. The van der Waals surface area contributed by atoms with Crippen LogP contribution in [0, 0.1) is 0 Å². The maximum atomic E-state index is 11.8. The van der Waals surface area contributed by atoms with Gasteiger partial charge in [-0.15, -0.1) is 11.8 Å². The van der Waals surface area contributed by atoms with Gasteiger partial charge in [-0.2, -0.15) is 0 Å². The van der Waals surface area contributed by atoms with Gasteiger partial charge in [-0.1, -0.05) is 0 Å². The van der Waals surface area contributed by atoms with Crippen molar-refractivity contribution >= 4 is 27.5 Å². The van der Waals surface area contributed by atoms with Gasteiger partial charge in [0.2, 0.25) is 10.0 Å². The Hall–Kier alpha value is -0.760. The van der Waals surface area contributed by atoms with Gasteiger partial charge < -0.3 is 10.8 Å². The van der Waals surface area contributed by atoms with Gasteiger partial charge in [0.1, 0.15) is 0 Å². The Morgan fingerprint density at radius 3 is 2.53 bits per heavy atom. The molecule has 3 N–H and O–H groups in total. The molecule has 0 unspecified atom stereocenters. The monoisotopic (exact) mass is 276 g/mol. The second kappa shape index (κ2) is 5.72. The van der Waals surface area contributed by atoms with Gasteiger partial charge in [-0.3, -0.25) is 0 Å². The number of nitrogen functional groups attached to an aromatic ring is 1. The Labute approximate surface area is 106 Å². The summed E-state index contributed by atoms with van der Waals surface area (Å²) in [7, 11) is -0.498. The summed E-state index contributed by atoms with van der Waals surface area (Å²) in [5.41, 5.74) is 6.18. The zero-order valence-electron chi connectivity index (χ0n) is 9.75. The summed E-state index contributed by atoms with van der Waals surface area (Å²) < 4.78 is 24.8. The van der Waals surface area contributed by atoms with E-state index in [4.69, 9.17) is 10.8 Å². The van der Waals surface area contributed by atoms with Crippen LogP contribution in [0.15, 0.2) is 28.0 Å². The number of rotatable bonds is 5. The summed E-state index contributed by atoms with van der Waals surface area (Å²) in [5.74, 6) is 0.532. The van der Waals surface area contributed by atoms with Crippen LogP contribution >= 0.6 is 11.8 Å². The first-order chi connectivity index (χ1) is 7.89. The maximum Gasteiger partial charge on any atom is 0.242 e. The first-order valence-corrected chi connectivity index (χ1v) is 7.38. The van der Waals surface area contributed by atoms with E-state index >= 15 is 0 Å². The molecule has 5 nitrogen and oxygen atoms in total. The van der Waals surface area contributed by atoms with Crippen LogP contribution in [-0.4, -0.2) is 44.3 Å². The van der Waals surface area contributed by atoms with Crippen LogP contribution in [0.3, 0.4) is 0 Å². The summed E-state index contributed by atoms with van der Waals surface area (Å²) in [5, 5.41) is 8.71.